The number of hydrogen-bond acceptors (Lipinski definition) is 31. The van der Waals surface area contributed by atoms with E-state index in [1.807, 2.05) is 25.3 Å². The molecule has 37 heteroatoms. The van der Waals surface area contributed by atoms with E-state index in [4.69, 9.17) is 82.9 Å². The van der Waals surface area contributed by atoms with Gasteiger partial charge in [-0.05, 0) is 88.7 Å². The van der Waals surface area contributed by atoms with Crippen molar-refractivity contribution in [3.8, 4) is 34.2 Å². The first-order valence-corrected chi connectivity index (χ1v) is 38.6. The van der Waals surface area contributed by atoms with E-state index in [9.17, 15) is 8.42 Å². The first-order valence-electron chi connectivity index (χ1n) is 36.4. The summed E-state index contributed by atoms with van der Waals surface area (Å²) in [6.07, 6.45) is 13.7. The number of aryl methyl sites for hydroxylation is 3. The summed E-state index contributed by atoms with van der Waals surface area (Å²) in [7, 11) is -3.22. The summed E-state index contributed by atoms with van der Waals surface area (Å²) in [4.78, 5) is 81.3. The van der Waals surface area contributed by atoms with E-state index in [1.165, 1.54) is 49.1 Å². The molecule has 15 heterocycles. The molecule has 6 aliphatic heterocycles. The fraction of sp³-hybridized carbons (Fsp3) is 0.597. The number of nitrogens with one attached hydrogen (secondary N) is 3. The van der Waals surface area contributed by atoms with E-state index >= 15 is 0 Å². The van der Waals surface area contributed by atoms with Crippen molar-refractivity contribution in [3.63, 3.8) is 0 Å². The molecule has 0 bridgehead atoms. The lowest BCUT2D eigenvalue weighted by Gasteiger charge is -2.34. The van der Waals surface area contributed by atoms with Crippen LogP contribution in [0, 0.1) is 38.5 Å². The van der Waals surface area contributed by atoms with Crippen LogP contribution in [0.25, 0.3) is 67.7 Å². The van der Waals surface area contributed by atoms with Gasteiger partial charge < -0.3 is 71.9 Å². The third-order valence-corrected chi connectivity index (χ3v) is 21.6. The van der Waals surface area contributed by atoms with Gasteiger partial charge in [-0.15, -0.1) is 0 Å². The van der Waals surface area contributed by atoms with Gasteiger partial charge in [0.15, 0.2) is 68.4 Å². The van der Waals surface area contributed by atoms with Crippen molar-refractivity contribution in [1.29, 1.82) is 0 Å². The van der Waals surface area contributed by atoms with Crippen molar-refractivity contribution in [2.45, 2.75) is 78.9 Å². The van der Waals surface area contributed by atoms with Crippen LogP contribution in [-0.2, 0) is 43.9 Å². The van der Waals surface area contributed by atoms with Crippen molar-refractivity contribution in [2.24, 2.45) is 17.8 Å². The molecular formula is C67H93ClN30O5S. The molecular weight excluding hydrogens is 1370 g/mol. The van der Waals surface area contributed by atoms with Gasteiger partial charge in [0.2, 0.25) is 45.0 Å². The number of nitrogens with two attached hydrogens (primary N) is 3. The smallest absolute Gasteiger partial charge is 0.220 e. The van der Waals surface area contributed by atoms with Crippen molar-refractivity contribution in [2.75, 3.05) is 205 Å². The zero-order valence-electron chi connectivity index (χ0n) is 59.6. The summed E-state index contributed by atoms with van der Waals surface area (Å²) in [5.74, 6) is 8.56. The van der Waals surface area contributed by atoms with Gasteiger partial charge in [0, 0.05) is 156 Å². The van der Waals surface area contributed by atoms with Gasteiger partial charge in [-0.3, -0.25) is 13.7 Å². The molecule has 9 aromatic rings. The molecule has 18 rings (SSSR count). The van der Waals surface area contributed by atoms with E-state index in [2.05, 4.69) is 84.5 Å². The first kappa shape index (κ1) is 70.9. The Hall–Kier alpha value is -8.75. The quantitative estimate of drug-likeness (QED) is 0.0803. The van der Waals surface area contributed by atoms with Gasteiger partial charge in [0.25, 0.3) is 0 Å². The Balaban J connectivity index is 0.000000121. The van der Waals surface area contributed by atoms with Gasteiger partial charge in [-0.1, -0.05) is 0 Å². The zero-order chi connectivity index (χ0) is 71.6. The Labute approximate surface area is 608 Å². The molecule has 9 fully saturated rings. The maximum absolute atomic E-state index is 12.1. The minimum absolute atomic E-state index is 0.213. The average molecular weight is 1470 g/mol. The summed E-state index contributed by atoms with van der Waals surface area (Å²) < 4.78 is 48.9. The van der Waals surface area contributed by atoms with E-state index in [0.717, 1.165) is 189 Å². The Morgan fingerprint density at radius 3 is 1.08 bits per heavy atom. The molecule has 9 aromatic heterocycles. The van der Waals surface area contributed by atoms with Crippen molar-refractivity contribution < 1.29 is 22.6 Å². The number of fused-ring (bicyclic) bond motifs is 3. The van der Waals surface area contributed by atoms with Crippen LogP contribution in [0.2, 0.25) is 5.28 Å². The molecule has 9 aliphatic rings. The lowest BCUT2D eigenvalue weighted by Crippen LogP contribution is -2.49. The number of morpholine rings is 3. The Morgan fingerprint density at radius 2 is 0.740 bits per heavy atom. The number of halogens is 1. The number of rotatable bonds is 15. The second kappa shape index (κ2) is 31.1. The Morgan fingerprint density at radius 1 is 0.413 bits per heavy atom. The third kappa shape index (κ3) is 16.2. The van der Waals surface area contributed by atoms with E-state index in [-0.39, 0.29) is 17.8 Å². The summed E-state index contributed by atoms with van der Waals surface area (Å²) in [6, 6.07) is 0. The topological polar surface area (TPSA) is 404 Å². The number of imidazole rings is 3. The van der Waals surface area contributed by atoms with Crippen LogP contribution in [0.15, 0.2) is 18.6 Å². The number of anilines is 8. The van der Waals surface area contributed by atoms with Crippen LogP contribution in [0.4, 0.5) is 47.2 Å². The largest absolute Gasteiger partial charge is 0.378 e. The highest BCUT2D eigenvalue weighted by molar-refractivity contribution is 7.88. The van der Waals surface area contributed by atoms with Crippen LogP contribution in [0.3, 0.4) is 0 Å². The molecule has 0 unspecified atom stereocenters. The van der Waals surface area contributed by atoms with Crippen molar-refractivity contribution in [1.82, 2.24) is 109 Å². The van der Waals surface area contributed by atoms with Crippen LogP contribution >= 0.6 is 11.6 Å². The van der Waals surface area contributed by atoms with Crippen LogP contribution < -0.4 is 57.7 Å². The molecule has 0 radical (unpaired) electrons. The van der Waals surface area contributed by atoms with Crippen molar-refractivity contribution in [3.05, 3.63) is 41.0 Å². The molecule has 0 aromatic carbocycles. The summed E-state index contributed by atoms with van der Waals surface area (Å²) >= 11 is 6.50. The molecule has 9 N–H and O–H groups in total. The van der Waals surface area contributed by atoms with Crippen LogP contribution in [0.1, 0.15) is 55.6 Å². The Bertz CT molecular complexity index is 4630. The highest BCUT2D eigenvalue weighted by Gasteiger charge is 2.35. The first-order chi connectivity index (χ1) is 50.5. The molecule has 0 atom stereocenters. The lowest BCUT2D eigenvalue weighted by atomic mass is 10.2. The monoisotopic (exact) mass is 1460 g/mol. The Kier molecular flexibility index (Phi) is 21.2. The van der Waals surface area contributed by atoms with Gasteiger partial charge in [-0.25, -0.2) is 83.2 Å². The maximum Gasteiger partial charge on any atom is 0.220 e. The molecule has 104 heavy (non-hydrogen) atoms. The number of aromatic nitrogens is 18. The lowest BCUT2D eigenvalue weighted by molar-refractivity contribution is 0.122. The minimum atomic E-state index is -3.22. The molecule has 3 saturated carbocycles. The highest BCUT2D eigenvalue weighted by Crippen LogP contribution is 2.41. The van der Waals surface area contributed by atoms with Gasteiger partial charge in [-0.2, -0.15) is 4.31 Å². The number of ether oxygens (including phenoxy) is 3. The van der Waals surface area contributed by atoms with Crippen LogP contribution in [0.5, 0.6) is 0 Å². The zero-order valence-corrected chi connectivity index (χ0v) is 61.2. The van der Waals surface area contributed by atoms with Gasteiger partial charge in [0.1, 0.15) is 0 Å². The normalized spacial score (nSPS) is 19.2. The second-order valence-electron chi connectivity index (χ2n) is 27.9. The molecule has 35 nitrogen and oxygen atoms in total. The summed E-state index contributed by atoms with van der Waals surface area (Å²) in [5, 5.41) is 10.3. The van der Waals surface area contributed by atoms with E-state index < -0.39 is 10.0 Å². The van der Waals surface area contributed by atoms with E-state index in [1.54, 1.807) is 18.6 Å². The van der Waals surface area contributed by atoms with Gasteiger partial charge >= 0.3 is 0 Å². The molecule has 554 valence electrons. The van der Waals surface area contributed by atoms with Crippen molar-refractivity contribution >= 4 is 102 Å². The number of nitrogen functional groups attached to an aromatic ring is 3. The van der Waals surface area contributed by atoms with Crippen LogP contribution in [-0.4, -0.2) is 265 Å². The molecule has 0 amide bonds. The minimum Gasteiger partial charge on any atom is -0.378 e. The SMILES string of the molecule is C1CNCCN1.Cc1nc(N)ncc1-c1nc(N2CCOCC2)c2nc(Cl)n(CC3CC3)c2n1.Cc1nc(N)ncc1-c1nc(N2CCOCC2)c2nc(N3CCN(S(C)(=O)=O)CC3)n(CC3CC3)c2n1.Cc1nc(N)ncc1-c1nc(N2CCOCC2)c2nc(N3CCNCC3)n(CC3CC3)c2n1. The summed E-state index contributed by atoms with van der Waals surface area (Å²) in [5.41, 5.74) is 26.6. The summed E-state index contributed by atoms with van der Waals surface area (Å²) in [6.45, 7) is 27.0. The number of sulfonamides is 1. The van der Waals surface area contributed by atoms with E-state index in [0.29, 0.717) is 125 Å². The molecule has 6 saturated heterocycles. The highest BCUT2D eigenvalue weighted by atomic mass is 35.5. The predicted molar refractivity (Wildman–Crippen MR) is 398 cm³/mol. The van der Waals surface area contributed by atoms with Gasteiger partial charge in [0.05, 0.1) is 79.7 Å². The standard InChI is InChI=1S/C23H32N10O3S.C22H30N10O.C18H21ClN8O.C4H10N2/c1-15-17(13-25-22(24)26-15)19-28-20(30-9-11-36-12-10-30)18-21(29-19)33(14-16-3-4-16)23(27-18)31-5-7-32(8-6-31)37(2,34)35;1-14-16(12-25-21(23)26-14)18-28-19(30-8-10-33-11-9-30)17-20(29-18)32(13-15-2-3-15)22(27-17)31-6-4-24-5-7-31;1-10-12(8-21-18(20)22-10)14-24-15(26-4-6-28-7-5-26)13-16(25-14)27(17(19)23-13)9-11-2-3-11;1-2-6-4-3-5-1/h13,16H,3-12,14H2,1-2H3,(H2,24,25,26);12,15,24H,2-11,13H2,1H3,(H2,23,25,26);8,11H,2-7,9H2,1H3,(H2,20,21,22);5-6H,1-4H2. The number of piperazine rings is 3. The second-order valence-corrected chi connectivity index (χ2v) is 30.2. The number of hydrogen-bond donors (Lipinski definition) is 6. The molecule has 0 spiro atoms. The fourth-order valence-corrected chi connectivity index (χ4v) is 14.8. The fourth-order valence-electron chi connectivity index (χ4n) is 13.7. The molecule has 3 aliphatic carbocycles. The third-order valence-electron chi connectivity index (χ3n) is 20.1. The predicted octanol–water partition coefficient (Wildman–Crippen LogP) is 2.59. The number of nitrogens with zero attached hydrogens (tertiary/aromatic N) is 24. The average Bonchev–Trinajstić information content (AvgIpc) is 1.61. The maximum atomic E-state index is 12.1.